The van der Waals surface area contributed by atoms with Gasteiger partial charge in [-0.25, -0.2) is 0 Å². The summed E-state index contributed by atoms with van der Waals surface area (Å²) in [6.45, 7) is 7.14. The maximum atomic E-state index is 3.23. The summed E-state index contributed by atoms with van der Waals surface area (Å²) in [5.41, 5.74) is 0. The molecule has 2 unspecified atom stereocenters. The lowest BCUT2D eigenvalue weighted by Crippen LogP contribution is -2.22. The van der Waals surface area contributed by atoms with Gasteiger partial charge in [0.25, 0.3) is 0 Å². The lowest BCUT2D eigenvalue weighted by atomic mass is 10.1. The largest absolute Gasteiger partial charge is 0.320 e. The van der Waals surface area contributed by atoms with Crippen molar-refractivity contribution < 1.29 is 0 Å². The third kappa shape index (κ3) is 3.58. The van der Waals surface area contributed by atoms with Crippen LogP contribution in [0.5, 0.6) is 0 Å². The summed E-state index contributed by atoms with van der Waals surface area (Å²) >= 11 is 0. The van der Waals surface area contributed by atoms with Crippen molar-refractivity contribution in [3.05, 3.63) is 0 Å². The zero-order valence-corrected chi connectivity index (χ0v) is 10.1. The Morgan fingerprint density at radius 3 is 2.64 bits per heavy atom. The number of hydrogen-bond acceptors (Lipinski definition) is 2. The van der Waals surface area contributed by atoms with Gasteiger partial charge < -0.3 is 5.32 Å². The topological polar surface area (TPSA) is 15.0 Å². The molecule has 2 heteroatoms. The maximum absolute atomic E-state index is 3.23. The van der Waals surface area contributed by atoms with Crippen LogP contribution in [-0.4, -0.2) is 37.1 Å². The normalized spacial score (nSPS) is 27.6. The predicted molar refractivity (Wildman–Crippen MR) is 62.6 cm³/mol. The van der Waals surface area contributed by atoms with Gasteiger partial charge in [-0.05, 0) is 39.3 Å². The van der Waals surface area contributed by atoms with Gasteiger partial charge in [-0.1, -0.05) is 20.3 Å². The molecule has 2 nitrogen and oxygen atoms in total. The zero-order chi connectivity index (χ0) is 10.4. The van der Waals surface area contributed by atoms with Crippen LogP contribution in [0.3, 0.4) is 0 Å². The molecule has 0 amide bonds. The lowest BCUT2D eigenvalue weighted by Gasteiger charge is -2.18. The average Bonchev–Trinajstić information content (AvgIpc) is 2.96. The predicted octanol–water partition coefficient (Wildman–Crippen LogP) is 2.25. The highest BCUT2D eigenvalue weighted by molar-refractivity contribution is 4.93. The first kappa shape index (κ1) is 12.0. The molecular formula is C12H26N2. The third-order valence-corrected chi connectivity index (χ3v) is 3.28. The number of hydrogen-bond donors (Lipinski definition) is 1. The van der Waals surface area contributed by atoms with E-state index in [0.29, 0.717) is 0 Å². The number of nitrogens with one attached hydrogen (secondary N) is 1. The first-order valence-electron chi connectivity index (χ1n) is 6.23. The minimum absolute atomic E-state index is 0.873. The molecule has 0 aromatic rings. The second-order valence-electron chi connectivity index (χ2n) is 4.45. The summed E-state index contributed by atoms with van der Waals surface area (Å²) in [6, 6.07) is 1.79. The summed E-state index contributed by atoms with van der Waals surface area (Å²) in [6.07, 6.45) is 6.77. The molecule has 0 aromatic carbocycles. The molecule has 1 heterocycles. The Hall–Kier alpha value is -0.0800. The van der Waals surface area contributed by atoms with Gasteiger partial charge >= 0.3 is 0 Å². The summed E-state index contributed by atoms with van der Waals surface area (Å²) < 4.78 is 0. The third-order valence-electron chi connectivity index (χ3n) is 3.28. The van der Waals surface area contributed by atoms with Crippen LogP contribution in [0.15, 0.2) is 0 Å². The van der Waals surface area contributed by atoms with E-state index in [1.165, 1.54) is 45.2 Å². The van der Waals surface area contributed by atoms with Crippen LogP contribution in [0.1, 0.15) is 46.0 Å². The maximum Gasteiger partial charge on any atom is 0.0224 e. The molecule has 1 N–H and O–H groups in total. The molecule has 1 aliphatic heterocycles. The van der Waals surface area contributed by atoms with Gasteiger partial charge in [0.05, 0.1) is 0 Å². The van der Waals surface area contributed by atoms with Gasteiger partial charge in [0.15, 0.2) is 0 Å². The Bertz CT molecular complexity index is 147. The van der Waals surface area contributed by atoms with Crippen LogP contribution in [0, 0.1) is 0 Å². The Labute approximate surface area is 89.1 Å². The fourth-order valence-corrected chi connectivity index (χ4v) is 2.33. The quantitative estimate of drug-likeness (QED) is 0.475. The first-order valence-corrected chi connectivity index (χ1v) is 6.23. The molecular weight excluding hydrogens is 172 g/mol. The van der Waals surface area contributed by atoms with E-state index in [1.54, 1.807) is 0 Å². The van der Waals surface area contributed by atoms with E-state index in [9.17, 15) is 0 Å². The number of rotatable bonds is 8. The minimum Gasteiger partial charge on any atom is -0.320 e. The molecule has 0 radical (unpaired) electrons. The first-order chi connectivity index (χ1) is 6.83. The standard InChI is InChI=1S/C12H26N2/c1-4-7-12(8-6-9-13-3)14-10-11(14)5-2/h11-13H,4-10H2,1-3H3/t11-,12?,14?/m0/s1. The van der Waals surface area contributed by atoms with Crippen molar-refractivity contribution in [2.75, 3.05) is 20.1 Å². The van der Waals surface area contributed by atoms with E-state index in [2.05, 4.69) is 24.1 Å². The van der Waals surface area contributed by atoms with Crippen molar-refractivity contribution in [2.45, 2.75) is 58.0 Å². The van der Waals surface area contributed by atoms with E-state index >= 15 is 0 Å². The lowest BCUT2D eigenvalue weighted by molar-refractivity contribution is 0.318. The Balaban J connectivity index is 2.18. The van der Waals surface area contributed by atoms with E-state index in [4.69, 9.17) is 0 Å². The highest BCUT2D eigenvalue weighted by Gasteiger charge is 2.36. The van der Waals surface area contributed by atoms with Crippen molar-refractivity contribution in [3.63, 3.8) is 0 Å². The van der Waals surface area contributed by atoms with Crippen molar-refractivity contribution in [1.82, 2.24) is 10.2 Å². The van der Waals surface area contributed by atoms with Crippen molar-refractivity contribution >= 4 is 0 Å². The SMILES string of the molecule is CCCC(CCCNC)N1C[C@@H]1CC. The van der Waals surface area contributed by atoms with E-state index in [-0.39, 0.29) is 0 Å². The van der Waals surface area contributed by atoms with Crippen LogP contribution in [-0.2, 0) is 0 Å². The molecule has 0 bridgehead atoms. The Morgan fingerprint density at radius 1 is 1.36 bits per heavy atom. The van der Waals surface area contributed by atoms with Gasteiger partial charge in [-0.15, -0.1) is 0 Å². The molecule has 1 aliphatic rings. The molecule has 0 aromatic heterocycles. The summed E-state index contributed by atoms with van der Waals surface area (Å²) in [4.78, 5) is 2.69. The Kier molecular flexibility index (Phi) is 5.49. The highest BCUT2D eigenvalue weighted by Crippen LogP contribution is 2.28. The van der Waals surface area contributed by atoms with E-state index in [0.717, 1.165) is 12.1 Å². The average molecular weight is 198 g/mol. The van der Waals surface area contributed by atoms with Crippen LogP contribution in [0.25, 0.3) is 0 Å². The van der Waals surface area contributed by atoms with Gasteiger partial charge in [0, 0.05) is 18.6 Å². The molecule has 0 spiro atoms. The van der Waals surface area contributed by atoms with Crippen LogP contribution < -0.4 is 5.32 Å². The Morgan fingerprint density at radius 2 is 2.14 bits per heavy atom. The molecule has 0 aliphatic carbocycles. The molecule has 1 saturated heterocycles. The van der Waals surface area contributed by atoms with E-state index in [1.807, 2.05) is 7.05 Å². The molecule has 84 valence electrons. The van der Waals surface area contributed by atoms with Crippen molar-refractivity contribution in [2.24, 2.45) is 0 Å². The highest BCUT2D eigenvalue weighted by atomic mass is 15.3. The van der Waals surface area contributed by atoms with Crippen LogP contribution in [0.2, 0.25) is 0 Å². The smallest absolute Gasteiger partial charge is 0.0224 e. The van der Waals surface area contributed by atoms with Gasteiger partial charge in [-0.2, -0.15) is 0 Å². The fourth-order valence-electron chi connectivity index (χ4n) is 2.33. The minimum atomic E-state index is 0.873. The van der Waals surface area contributed by atoms with Crippen LogP contribution in [0.4, 0.5) is 0 Å². The van der Waals surface area contributed by atoms with Crippen molar-refractivity contribution in [1.29, 1.82) is 0 Å². The molecule has 0 saturated carbocycles. The molecule has 3 atom stereocenters. The van der Waals surface area contributed by atoms with E-state index < -0.39 is 0 Å². The molecule has 14 heavy (non-hydrogen) atoms. The van der Waals surface area contributed by atoms with Crippen LogP contribution >= 0.6 is 0 Å². The summed E-state index contributed by atoms with van der Waals surface area (Å²) in [5.74, 6) is 0. The second-order valence-corrected chi connectivity index (χ2v) is 4.45. The van der Waals surface area contributed by atoms with Gasteiger partial charge in [0.1, 0.15) is 0 Å². The second kappa shape index (κ2) is 6.41. The molecule has 1 fully saturated rings. The van der Waals surface area contributed by atoms with Gasteiger partial charge in [0.2, 0.25) is 0 Å². The monoisotopic (exact) mass is 198 g/mol. The summed E-state index contributed by atoms with van der Waals surface area (Å²) in [5, 5.41) is 3.23. The number of nitrogens with zero attached hydrogens (tertiary/aromatic N) is 1. The summed E-state index contributed by atoms with van der Waals surface area (Å²) in [7, 11) is 2.04. The fraction of sp³-hybridized carbons (Fsp3) is 1.00. The zero-order valence-electron chi connectivity index (χ0n) is 10.1. The van der Waals surface area contributed by atoms with Gasteiger partial charge in [-0.3, -0.25) is 4.90 Å². The van der Waals surface area contributed by atoms with Crippen molar-refractivity contribution in [3.8, 4) is 0 Å². The molecule has 1 rings (SSSR count).